The van der Waals surface area contributed by atoms with Crippen molar-refractivity contribution in [2.75, 3.05) is 6.61 Å². The molecule has 0 saturated carbocycles. The minimum Gasteiger partial charge on any atom is -0.490 e. The summed E-state index contributed by atoms with van der Waals surface area (Å²) < 4.78 is 10.7. The van der Waals surface area contributed by atoms with Gasteiger partial charge in [-0.1, -0.05) is 25.5 Å². The van der Waals surface area contributed by atoms with Gasteiger partial charge >= 0.3 is 5.63 Å². The van der Waals surface area contributed by atoms with Gasteiger partial charge in [-0.15, -0.1) is 0 Å². The Morgan fingerprint density at radius 1 is 1.44 bits per heavy atom. The zero-order valence-electron chi connectivity index (χ0n) is 10.1. The molecule has 1 aromatic heterocycles. The third kappa shape index (κ3) is 2.35. The number of rotatable bonds is 4. The molecular formula is C14H13NO3. The lowest BCUT2D eigenvalue weighted by molar-refractivity contribution is 0.307. The molecule has 4 heteroatoms. The molecule has 0 aliphatic carbocycles. The van der Waals surface area contributed by atoms with Crippen molar-refractivity contribution in [3.8, 4) is 11.8 Å². The molecule has 0 atom stereocenters. The van der Waals surface area contributed by atoms with Gasteiger partial charge in [-0.3, -0.25) is 0 Å². The molecule has 4 nitrogen and oxygen atoms in total. The fraction of sp³-hybridized carbons (Fsp3) is 0.286. The van der Waals surface area contributed by atoms with E-state index in [1.54, 1.807) is 12.1 Å². The second-order valence-corrected chi connectivity index (χ2v) is 3.94. The monoisotopic (exact) mass is 243 g/mol. The van der Waals surface area contributed by atoms with Crippen molar-refractivity contribution in [1.82, 2.24) is 0 Å². The largest absolute Gasteiger partial charge is 0.490 e. The SMILES string of the molecule is CCCCOc1cccc2cc(C#N)c(=O)oc12. The van der Waals surface area contributed by atoms with Crippen LogP contribution in [0.3, 0.4) is 0 Å². The first-order valence-electron chi connectivity index (χ1n) is 5.86. The van der Waals surface area contributed by atoms with Gasteiger partial charge in [0, 0.05) is 5.39 Å². The van der Waals surface area contributed by atoms with Crippen molar-refractivity contribution >= 4 is 11.0 Å². The second-order valence-electron chi connectivity index (χ2n) is 3.94. The molecule has 1 heterocycles. The van der Waals surface area contributed by atoms with Crippen LogP contribution in [-0.4, -0.2) is 6.61 Å². The number of fused-ring (bicyclic) bond motifs is 1. The average molecular weight is 243 g/mol. The van der Waals surface area contributed by atoms with Gasteiger partial charge in [0.15, 0.2) is 11.3 Å². The molecule has 18 heavy (non-hydrogen) atoms. The summed E-state index contributed by atoms with van der Waals surface area (Å²) in [4.78, 5) is 11.5. The average Bonchev–Trinajstić information content (AvgIpc) is 2.39. The summed E-state index contributed by atoms with van der Waals surface area (Å²) in [5.41, 5.74) is -0.220. The van der Waals surface area contributed by atoms with E-state index in [1.807, 2.05) is 12.1 Å². The minimum absolute atomic E-state index is 0.00760. The van der Waals surface area contributed by atoms with Crippen LogP contribution >= 0.6 is 0 Å². The van der Waals surface area contributed by atoms with Gasteiger partial charge < -0.3 is 9.15 Å². The summed E-state index contributed by atoms with van der Waals surface area (Å²) in [6, 6.07) is 8.68. The molecule has 0 fully saturated rings. The number of ether oxygens (including phenoxy) is 1. The van der Waals surface area contributed by atoms with Gasteiger partial charge in [0.25, 0.3) is 0 Å². The third-order valence-electron chi connectivity index (χ3n) is 2.60. The third-order valence-corrected chi connectivity index (χ3v) is 2.60. The molecule has 2 aromatic rings. The Morgan fingerprint density at radius 3 is 3.00 bits per heavy atom. The number of nitriles is 1. The quantitative estimate of drug-likeness (QED) is 0.611. The lowest BCUT2D eigenvalue weighted by Crippen LogP contribution is -2.04. The van der Waals surface area contributed by atoms with E-state index in [1.165, 1.54) is 6.07 Å². The fourth-order valence-corrected chi connectivity index (χ4v) is 1.64. The number of unbranched alkanes of at least 4 members (excludes halogenated alkanes) is 1. The number of hydrogen-bond donors (Lipinski definition) is 0. The van der Waals surface area contributed by atoms with Crippen LogP contribution < -0.4 is 10.4 Å². The van der Waals surface area contributed by atoms with E-state index in [0.717, 1.165) is 12.8 Å². The van der Waals surface area contributed by atoms with Crippen molar-refractivity contribution in [2.24, 2.45) is 0 Å². The Bertz CT molecular complexity index is 652. The van der Waals surface area contributed by atoms with E-state index in [4.69, 9.17) is 14.4 Å². The molecule has 0 aliphatic heterocycles. The molecule has 0 unspecified atom stereocenters. The van der Waals surface area contributed by atoms with Crippen LogP contribution in [0.1, 0.15) is 25.3 Å². The topological polar surface area (TPSA) is 63.2 Å². The van der Waals surface area contributed by atoms with Crippen LogP contribution in [0.15, 0.2) is 33.5 Å². The molecule has 0 aliphatic rings. The van der Waals surface area contributed by atoms with Crippen molar-refractivity contribution in [1.29, 1.82) is 5.26 Å². The molecule has 0 N–H and O–H groups in total. The second kappa shape index (κ2) is 5.37. The van der Waals surface area contributed by atoms with Crippen LogP contribution in [0, 0.1) is 11.3 Å². The highest BCUT2D eigenvalue weighted by atomic mass is 16.5. The Hall–Kier alpha value is -2.28. The summed E-state index contributed by atoms with van der Waals surface area (Å²) in [7, 11) is 0. The van der Waals surface area contributed by atoms with E-state index in [-0.39, 0.29) is 5.56 Å². The smallest absolute Gasteiger partial charge is 0.354 e. The zero-order valence-corrected chi connectivity index (χ0v) is 10.1. The first-order valence-corrected chi connectivity index (χ1v) is 5.86. The summed E-state index contributed by atoms with van der Waals surface area (Å²) in [5.74, 6) is 0.544. The normalized spacial score (nSPS) is 10.2. The molecule has 0 spiro atoms. The van der Waals surface area contributed by atoms with Crippen LogP contribution in [0.2, 0.25) is 0 Å². The highest BCUT2D eigenvalue weighted by molar-refractivity contribution is 5.83. The Balaban J connectivity index is 2.46. The molecule has 2 rings (SSSR count). The zero-order chi connectivity index (χ0) is 13.0. The van der Waals surface area contributed by atoms with E-state index in [0.29, 0.717) is 23.3 Å². The van der Waals surface area contributed by atoms with E-state index >= 15 is 0 Å². The van der Waals surface area contributed by atoms with E-state index in [2.05, 4.69) is 6.92 Å². The van der Waals surface area contributed by atoms with Gasteiger partial charge in [0.05, 0.1) is 6.61 Å². The molecule has 0 saturated heterocycles. The summed E-state index contributed by atoms with van der Waals surface area (Å²) in [5, 5.41) is 9.47. The molecule has 0 amide bonds. The maximum atomic E-state index is 11.5. The maximum Gasteiger partial charge on any atom is 0.354 e. The molecule has 0 radical (unpaired) electrons. The van der Waals surface area contributed by atoms with Crippen molar-refractivity contribution < 1.29 is 9.15 Å². The number of nitrogens with zero attached hydrogens (tertiary/aromatic N) is 1. The maximum absolute atomic E-state index is 11.5. The predicted molar refractivity (Wildman–Crippen MR) is 67.6 cm³/mol. The standard InChI is InChI=1S/C14H13NO3/c1-2-3-7-17-12-6-4-5-10-8-11(9-15)14(16)18-13(10)12/h4-6,8H,2-3,7H2,1H3. The van der Waals surface area contributed by atoms with Crippen LogP contribution in [0.25, 0.3) is 11.0 Å². The molecular weight excluding hydrogens is 230 g/mol. The van der Waals surface area contributed by atoms with Gasteiger partial charge in [-0.25, -0.2) is 4.79 Å². The van der Waals surface area contributed by atoms with Gasteiger partial charge in [0.1, 0.15) is 11.6 Å². The van der Waals surface area contributed by atoms with Gasteiger partial charge in [0.2, 0.25) is 0 Å². The first-order chi connectivity index (χ1) is 8.76. The number of hydrogen-bond acceptors (Lipinski definition) is 4. The Kier molecular flexibility index (Phi) is 3.63. The van der Waals surface area contributed by atoms with Crippen LogP contribution in [0.4, 0.5) is 0 Å². The van der Waals surface area contributed by atoms with E-state index in [9.17, 15) is 4.79 Å². The number of benzene rings is 1. The molecule has 92 valence electrons. The molecule has 0 bridgehead atoms. The van der Waals surface area contributed by atoms with Gasteiger partial charge in [-0.05, 0) is 18.6 Å². The number of para-hydroxylation sites is 1. The van der Waals surface area contributed by atoms with Crippen molar-refractivity contribution in [2.45, 2.75) is 19.8 Å². The Labute approximate surface area is 104 Å². The van der Waals surface area contributed by atoms with Crippen molar-refractivity contribution in [3.05, 3.63) is 40.2 Å². The lowest BCUT2D eigenvalue weighted by atomic mass is 10.2. The summed E-state index contributed by atoms with van der Waals surface area (Å²) in [6.07, 6.45) is 1.98. The first kappa shape index (κ1) is 12.2. The van der Waals surface area contributed by atoms with E-state index < -0.39 is 5.63 Å². The Morgan fingerprint density at radius 2 is 2.28 bits per heavy atom. The highest BCUT2D eigenvalue weighted by Gasteiger charge is 2.09. The van der Waals surface area contributed by atoms with Crippen LogP contribution in [0.5, 0.6) is 5.75 Å². The predicted octanol–water partition coefficient (Wildman–Crippen LogP) is 2.84. The highest BCUT2D eigenvalue weighted by Crippen LogP contribution is 2.24. The van der Waals surface area contributed by atoms with Crippen molar-refractivity contribution in [3.63, 3.8) is 0 Å². The van der Waals surface area contributed by atoms with Crippen LogP contribution in [-0.2, 0) is 0 Å². The molecule has 1 aromatic carbocycles. The minimum atomic E-state index is -0.628. The summed E-state index contributed by atoms with van der Waals surface area (Å²) >= 11 is 0. The fourth-order valence-electron chi connectivity index (χ4n) is 1.64. The van der Waals surface area contributed by atoms with Gasteiger partial charge in [-0.2, -0.15) is 5.26 Å². The lowest BCUT2D eigenvalue weighted by Gasteiger charge is -2.07. The summed E-state index contributed by atoms with van der Waals surface area (Å²) in [6.45, 7) is 2.66.